The fourth-order valence-electron chi connectivity index (χ4n) is 6.41. The number of nitrogens with zero attached hydrogens (tertiary/aromatic N) is 6. The first-order chi connectivity index (χ1) is 21.3. The average Bonchev–Trinajstić information content (AvgIpc) is 3.41. The van der Waals surface area contributed by atoms with E-state index in [0.717, 1.165) is 29.0 Å². The Kier molecular flexibility index (Phi) is 8.21. The number of carbonyl (C=O) groups excluding carboxylic acids is 3. The molecule has 11 nitrogen and oxygen atoms in total. The van der Waals surface area contributed by atoms with E-state index in [1.165, 1.54) is 0 Å². The second kappa shape index (κ2) is 12.4. The number of aromatic hydroxyl groups is 1. The number of hydrogen-bond donors (Lipinski definition) is 2. The molecular formula is C33H37N7O4. The topological polar surface area (TPSA) is 112 Å². The number of nitrogens with one attached hydrogen (secondary N) is 1. The van der Waals surface area contributed by atoms with Crippen LogP contribution in [0.5, 0.6) is 5.75 Å². The van der Waals surface area contributed by atoms with Gasteiger partial charge in [-0.05, 0) is 28.8 Å². The van der Waals surface area contributed by atoms with Crippen molar-refractivity contribution >= 4 is 23.6 Å². The lowest BCUT2D eigenvalue weighted by Crippen LogP contribution is -2.76. The van der Waals surface area contributed by atoms with Crippen molar-refractivity contribution in [3.05, 3.63) is 102 Å². The molecule has 3 heterocycles. The van der Waals surface area contributed by atoms with E-state index >= 15 is 0 Å². The van der Waals surface area contributed by atoms with E-state index in [4.69, 9.17) is 5.10 Å². The monoisotopic (exact) mass is 595 g/mol. The van der Waals surface area contributed by atoms with Gasteiger partial charge in [-0.1, -0.05) is 66.8 Å². The smallest absolute Gasteiger partial charge is 0.334 e. The van der Waals surface area contributed by atoms with Crippen LogP contribution >= 0.6 is 0 Å². The molecule has 3 atom stereocenters. The van der Waals surface area contributed by atoms with Gasteiger partial charge in [0, 0.05) is 45.6 Å². The summed E-state index contributed by atoms with van der Waals surface area (Å²) in [7, 11) is 1.93. The first-order valence-corrected chi connectivity index (χ1v) is 14.8. The maximum Gasteiger partial charge on any atom is 0.334 e. The van der Waals surface area contributed by atoms with Crippen LogP contribution in [0.2, 0.25) is 0 Å². The van der Waals surface area contributed by atoms with E-state index in [9.17, 15) is 19.5 Å². The van der Waals surface area contributed by atoms with Crippen LogP contribution in [0.4, 0.5) is 4.79 Å². The van der Waals surface area contributed by atoms with Crippen molar-refractivity contribution in [1.29, 1.82) is 0 Å². The lowest BCUT2D eigenvalue weighted by molar-refractivity contribution is -0.188. The number of rotatable bonds is 8. The molecule has 4 aliphatic rings. The summed E-state index contributed by atoms with van der Waals surface area (Å²) in [5.74, 6) is -0.151. The summed E-state index contributed by atoms with van der Waals surface area (Å²) in [5.41, 5.74) is 3.62. The Balaban J connectivity index is 1.34. The highest BCUT2D eigenvalue weighted by atomic mass is 16.3. The van der Waals surface area contributed by atoms with Crippen LogP contribution in [-0.2, 0) is 22.6 Å². The molecule has 1 unspecified atom stereocenters. The minimum absolute atomic E-state index is 0.0681. The predicted octanol–water partition coefficient (Wildman–Crippen LogP) is 2.34. The van der Waals surface area contributed by atoms with Gasteiger partial charge in [-0.25, -0.2) is 14.8 Å². The molecule has 0 aromatic heterocycles. The molecule has 0 bridgehead atoms. The third-order valence-electron chi connectivity index (χ3n) is 8.45. The van der Waals surface area contributed by atoms with Gasteiger partial charge in [0.1, 0.15) is 18.0 Å². The van der Waals surface area contributed by atoms with Gasteiger partial charge in [0.2, 0.25) is 11.8 Å². The van der Waals surface area contributed by atoms with E-state index in [-0.39, 0.29) is 55.6 Å². The number of phenolic OH excluding ortho intramolecular Hbond substituents is 1. The normalized spacial score (nSPS) is 23.2. The molecule has 4 amide bonds. The Morgan fingerprint density at radius 1 is 1.09 bits per heavy atom. The summed E-state index contributed by atoms with van der Waals surface area (Å²) in [6, 6.07) is 15.1. The zero-order valence-electron chi connectivity index (χ0n) is 24.7. The quantitative estimate of drug-likeness (QED) is 0.454. The molecule has 0 radical (unpaired) electrons. The van der Waals surface area contributed by atoms with Gasteiger partial charge in [0.05, 0.1) is 18.8 Å². The molecule has 2 N–H and O–H groups in total. The second-order valence-electron chi connectivity index (χ2n) is 11.5. The van der Waals surface area contributed by atoms with Crippen molar-refractivity contribution in [2.45, 2.75) is 25.2 Å². The number of benzene rings is 2. The van der Waals surface area contributed by atoms with Crippen LogP contribution in [-0.4, -0.2) is 105 Å². The molecule has 0 saturated carbocycles. The summed E-state index contributed by atoms with van der Waals surface area (Å²) in [5, 5.41) is 22.7. The Labute approximate surface area is 257 Å². The van der Waals surface area contributed by atoms with Gasteiger partial charge in [-0.3, -0.25) is 14.6 Å². The van der Waals surface area contributed by atoms with E-state index < -0.39 is 12.2 Å². The van der Waals surface area contributed by atoms with Crippen molar-refractivity contribution in [3.8, 4) is 5.75 Å². The number of hydrogen-bond acceptors (Lipinski definition) is 7. The number of allylic oxidation sites excluding steroid dienone is 2. The standard InChI is InChI=1S/C33H37N7O4/c1-3-16-38-22-30(42)39-28(17-23-12-14-27(41)15-13-23)32(43)37(20-26-11-7-10-25-19-36(2)35-31(25)26)21-29(39)40(38)33(44)34-18-24-8-5-4-6-9-24/h3-15,25,28-29,41H,1,16-22H2,2H3,(H,34,44)/t25?,28-,29-/m0/s1. The highest BCUT2D eigenvalue weighted by molar-refractivity contribution is 6.06. The number of urea groups is 1. The van der Waals surface area contributed by atoms with Crippen molar-refractivity contribution in [2.75, 3.05) is 39.8 Å². The second-order valence-corrected chi connectivity index (χ2v) is 11.5. The maximum atomic E-state index is 14.3. The molecule has 1 aliphatic carbocycles. The van der Waals surface area contributed by atoms with Crippen LogP contribution < -0.4 is 5.32 Å². The first kappa shape index (κ1) is 29.2. The lowest BCUT2D eigenvalue weighted by atomic mass is 9.91. The molecule has 2 saturated heterocycles. The Morgan fingerprint density at radius 3 is 2.61 bits per heavy atom. The van der Waals surface area contributed by atoms with Gasteiger partial charge in [-0.15, -0.1) is 6.58 Å². The van der Waals surface area contributed by atoms with Gasteiger partial charge in [-0.2, -0.15) is 5.10 Å². The molecule has 0 spiro atoms. The zero-order chi connectivity index (χ0) is 30.8. The van der Waals surface area contributed by atoms with E-state index in [1.807, 2.05) is 54.5 Å². The highest BCUT2D eigenvalue weighted by Crippen LogP contribution is 2.31. The minimum Gasteiger partial charge on any atom is -0.508 e. The molecule has 44 heavy (non-hydrogen) atoms. The zero-order valence-corrected chi connectivity index (χ0v) is 24.7. The third kappa shape index (κ3) is 5.83. The van der Waals surface area contributed by atoms with Crippen LogP contribution in [0.25, 0.3) is 0 Å². The molecule has 6 rings (SSSR count). The Morgan fingerprint density at radius 2 is 1.86 bits per heavy atom. The first-order valence-electron chi connectivity index (χ1n) is 14.8. The number of carbonyl (C=O) groups is 3. The van der Waals surface area contributed by atoms with E-state index in [2.05, 4.69) is 18.0 Å². The Bertz CT molecular complexity index is 1520. The van der Waals surface area contributed by atoms with Crippen molar-refractivity contribution < 1.29 is 19.5 Å². The molecule has 11 heteroatoms. The number of fused-ring (bicyclic) bond motifs is 2. The van der Waals surface area contributed by atoms with Crippen molar-refractivity contribution in [2.24, 2.45) is 11.0 Å². The summed E-state index contributed by atoms with van der Waals surface area (Å²) in [6.45, 7) is 5.59. The molecule has 2 aromatic rings. The predicted molar refractivity (Wildman–Crippen MR) is 166 cm³/mol. The number of piperazine rings is 1. The summed E-state index contributed by atoms with van der Waals surface area (Å²) >= 11 is 0. The number of amides is 4. The van der Waals surface area contributed by atoms with Crippen LogP contribution in [0.15, 0.2) is 96.2 Å². The average molecular weight is 596 g/mol. The number of phenols is 1. The van der Waals surface area contributed by atoms with Gasteiger partial charge < -0.3 is 20.2 Å². The summed E-state index contributed by atoms with van der Waals surface area (Å²) < 4.78 is 0. The number of hydrazine groups is 1. The van der Waals surface area contributed by atoms with Gasteiger partial charge in [0.25, 0.3) is 0 Å². The molecule has 228 valence electrons. The largest absolute Gasteiger partial charge is 0.508 e. The van der Waals surface area contributed by atoms with Crippen LogP contribution in [0.3, 0.4) is 0 Å². The summed E-state index contributed by atoms with van der Waals surface area (Å²) in [6.07, 6.45) is 7.27. The van der Waals surface area contributed by atoms with Crippen molar-refractivity contribution in [3.63, 3.8) is 0 Å². The maximum absolute atomic E-state index is 14.3. The fourth-order valence-corrected chi connectivity index (χ4v) is 6.41. The third-order valence-corrected chi connectivity index (χ3v) is 8.45. The number of hydrazone groups is 1. The Hall–Kier alpha value is -4.90. The molecule has 2 aromatic carbocycles. The van der Waals surface area contributed by atoms with Crippen molar-refractivity contribution in [1.82, 2.24) is 30.1 Å². The summed E-state index contributed by atoms with van der Waals surface area (Å²) in [4.78, 5) is 45.3. The molecular weight excluding hydrogens is 558 g/mol. The lowest BCUT2D eigenvalue weighted by Gasteiger charge is -2.55. The van der Waals surface area contributed by atoms with E-state index in [1.54, 1.807) is 50.2 Å². The molecule has 2 fully saturated rings. The highest BCUT2D eigenvalue weighted by Gasteiger charge is 2.51. The molecule has 3 aliphatic heterocycles. The van der Waals surface area contributed by atoms with Crippen LogP contribution in [0.1, 0.15) is 11.1 Å². The fraction of sp³-hybridized carbons (Fsp3) is 0.333. The van der Waals surface area contributed by atoms with Gasteiger partial charge in [0.15, 0.2) is 0 Å². The van der Waals surface area contributed by atoms with E-state index in [0.29, 0.717) is 13.1 Å². The SMILES string of the molecule is C=CCN1CC(=O)N2[C@@H](Cc3ccc(O)cc3)C(=O)N(CC3=CC=CC4CN(C)N=C34)C[C@@H]2N1C(=O)NCc1ccccc1. The minimum atomic E-state index is -0.843. The van der Waals surface area contributed by atoms with Gasteiger partial charge >= 0.3 is 6.03 Å². The van der Waals surface area contributed by atoms with Crippen LogP contribution in [0, 0.1) is 5.92 Å².